The predicted molar refractivity (Wildman–Crippen MR) is 129 cm³/mol. The van der Waals surface area contributed by atoms with E-state index in [1.54, 1.807) is 26.1 Å². The SMILES string of the molecule is CC(C)S(=O)(=O)NCCNC(=O)[C@H](C)Nc1nc(-c2c[nH]c3ncc(Cl)cc23)ncc1F.[HH].[HH].[HH].[HH]. The zero-order valence-corrected chi connectivity index (χ0v) is 19.2. The largest absolute Gasteiger partial charge is 0.356 e. The average molecular weight is 492 g/mol. The number of carbonyl (C=O) groups excluding carboxylic acids is 1. The van der Waals surface area contributed by atoms with Crippen molar-refractivity contribution in [2.45, 2.75) is 32.1 Å². The van der Waals surface area contributed by atoms with Gasteiger partial charge < -0.3 is 15.6 Å². The first-order chi connectivity index (χ1) is 15.1. The van der Waals surface area contributed by atoms with Crippen molar-refractivity contribution in [3.63, 3.8) is 0 Å². The number of hydrogen-bond donors (Lipinski definition) is 4. The standard InChI is InChI=1S/C19H23ClFN7O3S.4H2/c1-10(2)32(30,31)26-5-4-22-19(29)11(3)27-18-15(21)9-25-17(28-18)14-8-24-16-13(14)6-12(20)7-23-16;;;;/h6-11,26H,4-5H2,1-3H3,(H,22,29)(H,23,24)(H,25,27,28);4*1H/t11-;;;;/m0..../s1. The molecule has 0 unspecified atom stereocenters. The Morgan fingerprint density at radius 2 is 2.00 bits per heavy atom. The Morgan fingerprint density at radius 1 is 1.25 bits per heavy atom. The lowest BCUT2D eigenvalue weighted by Gasteiger charge is -2.16. The molecule has 3 aromatic heterocycles. The van der Waals surface area contributed by atoms with E-state index in [2.05, 4.69) is 35.3 Å². The zero-order chi connectivity index (χ0) is 23.5. The maximum atomic E-state index is 14.3. The summed E-state index contributed by atoms with van der Waals surface area (Å²) in [6.07, 6.45) is 4.14. The molecule has 180 valence electrons. The normalized spacial score (nSPS) is 12.8. The van der Waals surface area contributed by atoms with E-state index in [9.17, 15) is 17.6 Å². The van der Waals surface area contributed by atoms with Crippen molar-refractivity contribution < 1.29 is 23.3 Å². The summed E-state index contributed by atoms with van der Waals surface area (Å²) in [6, 6.07) is 0.854. The molecular formula is C19H31ClFN7O3S. The molecule has 4 N–H and O–H groups in total. The highest BCUT2D eigenvalue weighted by Gasteiger charge is 2.19. The lowest BCUT2D eigenvalue weighted by molar-refractivity contribution is -0.121. The highest BCUT2D eigenvalue weighted by atomic mass is 35.5. The van der Waals surface area contributed by atoms with Crippen LogP contribution in [0.15, 0.2) is 24.7 Å². The van der Waals surface area contributed by atoms with E-state index in [0.29, 0.717) is 21.6 Å². The Balaban J connectivity index is 0. The van der Waals surface area contributed by atoms with Crippen LogP contribution in [0.3, 0.4) is 0 Å². The number of halogens is 2. The number of hydrogen-bond acceptors (Lipinski definition) is 7. The van der Waals surface area contributed by atoms with Gasteiger partial charge in [0.1, 0.15) is 11.7 Å². The van der Waals surface area contributed by atoms with Crippen molar-refractivity contribution in [1.29, 1.82) is 0 Å². The molecule has 32 heavy (non-hydrogen) atoms. The molecule has 3 heterocycles. The Morgan fingerprint density at radius 3 is 2.72 bits per heavy atom. The highest BCUT2D eigenvalue weighted by Crippen LogP contribution is 2.28. The summed E-state index contributed by atoms with van der Waals surface area (Å²) in [4.78, 5) is 27.7. The second-order valence-electron chi connectivity index (χ2n) is 7.29. The molecule has 10 nitrogen and oxygen atoms in total. The van der Waals surface area contributed by atoms with Gasteiger partial charge in [0.25, 0.3) is 0 Å². The summed E-state index contributed by atoms with van der Waals surface area (Å²) in [5, 5.41) is 5.83. The molecule has 0 saturated carbocycles. The number of H-pyrrole nitrogens is 1. The van der Waals surface area contributed by atoms with Crippen LogP contribution in [-0.4, -0.2) is 58.6 Å². The Bertz CT molecular complexity index is 1250. The van der Waals surface area contributed by atoms with Crippen molar-refractivity contribution in [2.75, 3.05) is 18.4 Å². The molecule has 0 saturated heterocycles. The van der Waals surface area contributed by atoms with Crippen LogP contribution < -0.4 is 15.4 Å². The molecule has 0 fully saturated rings. The van der Waals surface area contributed by atoms with Crippen molar-refractivity contribution in [3.05, 3.63) is 35.5 Å². The van der Waals surface area contributed by atoms with Gasteiger partial charge in [-0.2, -0.15) is 0 Å². The summed E-state index contributed by atoms with van der Waals surface area (Å²) < 4.78 is 40.1. The first kappa shape index (κ1) is 23.8. The van der Waals surface area contributed by atoms with Crippen LogP contribution in [-0.2, 0) is 14.8 Å². The predicted octanol–water partition coefficient (Wildman–Crippen LogP) is 3.04. The number of carbonyl (C=O) groups is 1. The van der Waals surface area contributed by atoms with Gasteiger partial charge in [-0.05, 0) is 26.8 Å². The molecule has 3 rings (SSSR count). The van der Waals surface area contributed by atoms with Crippen molar-refractivity contribution in [3.8, 4) is 11.4 Å². The summed E-state index contributed by atoms with van der Waals surface area (Å²) in [7, 11) is -3.41. The van der Waals surface area contributed by atoms with Gasteiger partial charge in [-0.25, -0.2) is 32.5 Å². The van der Waals surface area contributed by atoms with E-state index in [1.807, 2.05) is 0 Å². The minimum absolute atomic E-state index is 0. The number of amides is 1. The minimum atomic E-state index is -3.41. The molecule has 0 aliphatic heterocycles. The monoisotopic (exact) mass is 491 g/mol. The topological polar surface area (TPSA) is 142 Å². The first-order valence-corrected chi connectivity index (χ1v) is 11.7. The zero-order valence-electron chi connectivity index (χ0n) is 17.6. The summed E-state index contributed by atoms with van der Waals surface area (Å²) >= 11 is 6.02. The van der Waals surface area contributed by atoms with E-state index in [-0.39, 0.29) is 30.4 Å². The second kappa shape index (κ2) is 9.76. The molecule has 0 aliphatic carbocycles. The number of pyridine rings is 1. The lowest BCUT2D eigenvalue weighted by Crippen LogP contribution is -2.42. The highest BCUT2D eigenvalue weighted by molar-refractivity contribution is 7.90. The number of aromatic amines is 1. The van der Waals surface area contributed by atoms with Crippen LogP contribution in [0.1, 0.15) is 26.5 Å². The lowest BCUT2D eigenvalue weighted by atomic mass is 10.2. The third kappa shape index (κ3) is 5.50. The van der Waals surface area contributed by atoms with Gasteiger partial charge in [0, 0.05) is 42.1 Å². The third-order valence-electron chi connectivity index (χ3n) is 4.58. The minimum Gasteiger partial charge on any atom is -0.356 e. The number of nitrogens with one attached hydrogen (secondary N) is 4. The summed E-state index contributed by atoms with van der Waals surface area (Å²) in [6.45, 7) is 4.77. The molecule has 0 spiro atoms. The number of anilines is 1. The number of fused-ring (bicyclic) bond motifs is 1. The maximum absolute atomic E-state index is 14.3. The van der Waals surface area contributed by atoms with Gasteiger partial charge in [-0.15, -0.1) is 0 Å². The molecular weight excluding hydrogens is 461 g/mol. The fraction of sp³-hybridized carbons (Fsp3) is 0.368. The molecule has 1 amide bonds. The fourth-order valence-electron chi connectivity index (χ4n) is 2.73. The Hall–Kier alpha value is -2.83. The second-order valence-corrected chi connectivity index (χ2v) is 10.0. The van der Waals surface area contributed by atoms with Crippen molar-refractivity contribution >= 4 is 44.4 Å². The first-order valence-electron chi connectivity index (χ1n) is 9.76. The van der Waals surface area contributed by atoms with E-state index in [0.717, 1.165) is 6.20 Å². The summed E-state index contributed by atoms with van der Waals surface area (Å²) in [5.74, 6) is -1.10. The van der Waals surface area contributed by atoms with Crippen LogP contribution in [0.25, 0.3) is 22.4 Å². The fourth-order valence-corrected chi connectivity index (χ4v) is 3.61. The average Bonchev–Trinajstić information content (AvgIpc) is 3.15. The van der Waals surface area contributed by atoms with Gasteiger partial charge in [0.2, 0.25) is 15.9 Å². The van der Waals surface area contributed by atoms with E-state index < -0.39 is 33.0 Å². The van der Waals surface area contributed by atoms with E-state index >= 15 is 0 Å². The van der Waals surface area contributed by atoms with Crippen LogP contribution in [0.2, 0.25) is 5.02 Å². The molecule has 0 bridgehead atoms. The number of nitrogens with zero attached hydrogens (tertiary/aromatic N) is 3. The van der Waals surface area contributed by atoms with Crippen LogP contribution >= 0.6 is 11.6 Å². The van der Waals surface area contributed by atoms with Crippen LogP contribution in [0.5, 0.6) is 0 Å². The third-order valence-corrected chi connectivity index (χ3v) is 6.63. The number of sulfonamides is 1. The molecule has 0 radical (unpaired) electrons. The van der Waals surface area contributed by atoms with Crippen LogP contribution in [0, 0.1) is 5.82 Å². The molecule has 3 aromatic rings. The van der Waals surface area contributed by atoms with Gasteiger partial charge in [-0.3, -0.25) is 4.79 Å². The maximum Gasteiger partial charge on any atom is 0.242 e. The quantitative estimate of drug-likeness (QED) is 0.337. The molecule has 13 heteroatoms. The number of rotatable bonds is 9. The number of aromatic nitrogens is 4. The molecule has 1 atom stereocenters. The smallest absolute Gasteiger partial charge is 0.242 e. The van der Waals surface area contributed by atoms with E-state index in [4.69, 9.17) is 11.6 Å². The Kier molecular flexibility index (Phi) is 7.26. The van der Waals surface area contributed by atoms with Crippen LogP contribution in [0.4, 0.5) is 10.2 Å². The molecule has 0 aromatic carbocycles. The Labute approximate surface area is 195 Å². The van der Waals surface area contributed by atoms with Gasteiger partial charge >= 0.3 is 0 Å². The summed E-state index contributed by atoms with van der Waals surface area (Å²) in [5.41, 5.74) is 1.15. The molecule has 0 aliphatic rings. The van der Waals surface area contributed by atoms with Gasteiger partial charge in [-0.1, -0.05) is 11.6 Å². The van der Waals surface area contributed by atoms with Gasteiger partial charge in [0.15, 0.2) is 17.5 Å². The van der Waals surface area contributed by atoms with Crippen molar-refractivity contribution in [2.24, 2.45) is 0 Å². The van der Waals surface area contributed by atoms with E-state index in [1.165, 1.54) is 13.1 Å². The van der Waals surface area contributed by atoms with Gasteiger partial charge in [0.05, 0.1) is 16.5 Å². The van der Waals surface area contributed by atoms with Crippen molar-refractivity contribution in [1.82, 2.24) is 30.0 Å².